The molecule has 0 spiro atoms. The zero-order valence-electron chi connectivity index (χ0n) is 12.5. The van der Waals surface area contributed by atoms with Crippen LogP contribution in [0.5, 0.6) is 0 Å². The zero-order chi connectivity index (χ0) is 15.9. The molecule has 0 aliphatic carbocycles. The average Bonchev–Trinajstić information content (AvgIpc) is 2.51. The number of hydrogen-bond donors (Lipinski definition) is 1. The fourth-order valence-corrected chi connectivity index (χ4v) is 3.61. The van der Waals surface area contributed by atoms with Crippen LogP contribution in [0.1, 0.15) is 13.8 Å². The van der Waals surface area contributed by atoms with Crippen LogP contribution in [0, 0.1) is 0 Å². The Bertz CT molecular complexity index is 631. The van der Waals surface area contributed by atoms with E-state index >= 15 is 0 Å². The van der Waals surface area contributed by atoms with Gasteiger partial charge >= 0.3 is 0 Å². The molecule has 0 fully saturated rings. The molecule has 0 saturated carbocycles. The van der Waals surface area contributed by atoms with E-state index in [0.29, 0.717) is 5.02 Å². The summed E-state index contributed by atoms with van der Waals surface area (Å²) < 4.78 is 0. The molecule has 0 saturated heterocycles. The summed E-state index contributed by atoms with van der Waals surface area (Å²) in [4.78, 5) is 14.5. The Morgan fingerprint density at radius 1 is 1.18 bits per heavy atom. The Hall–Kier alpha value is -1.10. The van der Waals surface area contributed by atoms with Crippen LogP contribution in [0.2, 0.25) is 5.02 Å². The lowest BCUT2D eigenvalue weighted by atomic mass is 10.3. The SMILES string of the molecule is CCSc1ccccc1NC(=O)[C@@H](C)Sc1ccc(Cl)cc1. The molecule has 2 aromatic carbocycles. The van der Waals surface area contributed by atoms with Crippen molar-refractivity contribution < 1.29 is 4.79 Å². The Balaban J connectivity index is 2.01. The minimum Gasteiger partial charge on any atom is -0.324 e. The van der Waals surface area contributed by atoms with E-state index in [0.717, 1.165) is 21.2 Å². The largest absolute Gasteiger partial charge is 0.324 e. The number of anilines is 1. The third-order valence-corrected chi connectivity index (χ3v) is 5.26. The molecule has 0 aromatic heterocycles. The first-order chi connectivity index (χ1) is 10.6. The van der Waals surface area contributed by atoms with Gasteiger partial charge in [-0.25, -0.2) is 0 Å². The molecule has 2 nitrogen and oxygen atoms in total. The van der Waals surface area contributed by atoms with Crippen molar-refractivity contribution in [2.24, 2.45) is 0 Å². The van der Waals surface area contributed by atoms with Gasteiger partial charge in [0.05, 0.1) is 10.9 Å². The monoisotopic (exact) mass is 351 g/mol. The van der Waals surface area contributed by atoms with Gasteiger partial charge in [0.2, 0.25) is 5.91 Å². The molecular weight excluding hydrogens is 334 g/mol. The smallest absolute Gasteiger partial charge is 0.237 e. The summed E-state index contributed by atoms with van der Waals surface area (Å²) in [5.41, 5.74) is 0.878. The summed E-state index contributed by atoms with van der Waals surface area (Å²) in [6, 6.07) is 15.4. The molecule has 0 bridgehead atoms. The first-order valence-electron chi connectivity index (χ1n) is 7.05. The van der Waals surface area contributed by atoms with Crippen LogP contribution in [0.15, 0.2) is 58.3 Å². The zero-order valence-corrected chi connectivity index (χ0v) is 14.9. The number of thioether (sulfide) groups is 2. The molecule has 116 valence electrons. The van der Waals surface area contributed by atoms with Gasteiger partial charge in [-0.15, -0.1) is 23.5 Å². The summed E-state index contributed by atoms with van der Waals surface area (Å²) in [6.07, 6.45) is 0. The van der Waals surface area contributed by atoms with Gasteiger partial charge in [0.25, 0.3) is 0 Å². The Morgan fingerprint density at radius 2 is 1.86 bits per heavy atom. The van der Waals surface area contributed by atoms with Gasteiger partial charge in [-0.3, -0.25) is 4.79 Å². The molecule has 2 aromatic rings. The number of nitrogens with one attached hydrogen (secondary N) is 1. The minimum atomic E-state index is -0.180. The highest BCUT2D eigenvalue weighted by molar-refractivity contribution is 8.00. The van der Waals surface area contributed by atoms with Crippen LogP contribution in [-0.2, 0) is 4.79 Å². The Morgan fingerprint density at radius 3 is 2.55 bits per heavy atom. The molecule has 22 heavy (non-hydrogen) atoms. The number of halogens is 1. The van der Waals surface area contributed by atoms with E-state index in [1.807, 2.05) is 55.5 Å². The number of benzene rings is 2. The third-order valence-electron chi connectivity index (χ3n) is 2.94. The second-order valence-electron chi connectivity index (χ2n) is 4.63. The number of hydrogen-bond acceptors (Lipinski definition) is 3. The van der Waals surface area contributed by atoms with Crippen LogP contribution in [0.4, 0.5) is 5.69 Å². The molecule has 0 aliphatic heterocycles. The van der Waals surface area contributed by atoms with Gasteiger partial charge < -0.3 is 5.32 Å². The van der Waals surface area contributed by atoms with E-state index in [9.17, 15) is 4.79 Å². The third kappa shape index (κ3) is 4.97. The van der Waals surface area contributed by atoms with E-state index in [2.05, 4.69) is 12.2 Å². The molecule has 5 heteroatoms. The van der Waals surface area contributed by atoms with Crippen LogP contribution < -0.4 is 5.32 Å². The van der Waals surface area contributed by atoms with E-state index < -0.39 is 0 Å². The fraction of sp³-hybridized carbons (Fsp3) is 0.235. The van der Waals surface area contributed by atoms with Crippen LogP contribution in [0.3, 0.4) is 0 Å². The van der Waals surface area contributed by atoms with E-state index in [-0.39, 0.29) is 11.2 Å². The van der Waals surface area contributed by atoms with Crippen molar-refractivity contribution in [3.63, 3.8) is 0 Å². The molecule has 0 heterocycles. The van der Waals surface area contributed by atoms with Crippen LogP contribution >= 0.6 is 35.1 Å². The standard InChI is InChI=1S/C17H18ClNOS2/c1-3-21-16-7-5-4-6-15(16)19-17(20)12(2)22-14-10-8-13(18)9-11-14/h4-12H,3H2,1-2H3,(H,19,20)/t12-/m1/s1. The minimum absolute atomic E-state index is 0.00380. The fourth-order valence-electron chi connectivity index (χ4n) is 1.86. The van der Waals surface area contributed by atoms with Crippen molar-refractivity contribution >= 4 is 46.7 Å². The van der Waals surface area contributed by atoms with Crippen molar-refractivity contribution in [3.8, 4) is 0 Å². The van der Waals surface area contributed by atoms with Crippen molar-refractivity contribution in [1.29, 1.82) is 0 Å². The maximum Gasteiger partial charge on any atom is 0.237 e. The summed E-state index contributed by atoms with van der Waals surface area (Å²) in [7, 11) is 0. The van der Waals surface area contributed by atoms with Gasteiger partial charge in [0, 0.05) is 14.8 Å². The first kappa shape index (κ1) is 17.3. The molecular formula is C17H18ClNOS2. The lowest BCUT2D eigenvalue weighted by Crippen LogP contribution is -2.22. The number of amides is 1. The Kier molecular flexibility index (Phi) is 6.68. The number of rotatable bonds is 6. The molecule has 1 amide bonds. The van der Waals surface area contributed by atoms with Crippen molar-refractivity contribution in [1.82, 2.24) is 0 Å². The highest BCUT2D eigenvalue weighted by Crippen LogP contribution is 2.29. The van der Waals surface area contributed by atoms with Gasteiger partial charge in [-0.05, 0) is 49.1 Å². The molecule has 0 radical (unpaired) electrons. The average molecular weight is 352 g/mol. The van der Waals surface area contributed by atoms with E-state index in [1.165, 1.54) is 11.8 Å². The maximum absolute atomic E-state index is 12.4. The van der Waals surface area contributed by atoms with Gasteiger partial charge in [0.15, 0.2) is 0 Å². The first-order valence-corrected chi connectivity index (χ1v) is 9.29. The van der Waals surface area contributed by atoms with E-state index in [4.69, 9.17) is 11.6 Å². The molecule has 0 unspecified atom stereocenters. The topological polar surface area (TPSA) is 29.1 Å². The van der Waals surface area contributed by atoms with Crippen LogP contribution in [0.25, 0.3) is 0 Å². The predicted octanol–water partition coefficient (Wildman–Crippen LogP) is 5.57. The van der Waals surface area contributed by atoms with Crippen LogP contribution in [-0.4, -0.2) is 16.9 Å². The maximum atomic E-state index is 12.4. The summed E-state index contributed by atoms with van der Waals surface area (Å²) in [6.45, 7) is 4.01. The van der Waals surface area contributed by atoms with E-state index in [1.54, 1.807) is 11.8 Å². The Labute approximate surface area is 145 Å². The molecule has 2 rings (SSSR count). The highest BCUT2D eigenvalue weighted by Gasteiger charge is 2.15. The highest BCUT2D eigenvalue weighted by atomic mass is 35.5. The summed E-state index contributed by atoms with van der Waals surface area (Å²) >= 11 is 9.12. The number of para-hydroxylation sites is 1. The van der Waals surface area contributed by atoms with Gasteiger partial charge in [0.1, 0.15) is 0 Å². The quantitative estimate of drug-likeness (QED) is 0.689. The van der Waals surface area contributed by atoms with Gasteiger partial charge in [-0.2, -0.15) is 0 Å². The molecule has 1 atom stereocenters. The molecule has 0 aliphatic rings. The normalized spacial score (nSPS) is 12.0. The molecule has 1 N–H and O–H groups in total. The van der Waals surface area contributed by atoms with Crippen molar-refractivity contribution in [2.45, 2.75) is 28.9 Å². The lowest BCUT2D eigenvalue weighted by Gasteiger charge is -2.14. The predicted molar refractivity (Wildman–Crippen MR) is 98.2 cm³/mol. The second-order valence-corrected chi connectivity index (χ2v) is 7.79. The van der Waals surface area contributed by atoms with Gasteiger partial charge in [-0.1, -0.05) is 30.7 Å². The number of carbonyl (C=O) groups is 1. The van der Waals surface area contributed by atoms with Crippen molar-refractivity contribution in [3.05, 3.63) is 53.6 Å². The second kappa shape index (κ2) is 8.51. The van der Waals surface area contributed by atoms with Crippen molar-refractivity contribution in [2.75, 3.05) is 11.1 Å². The summed E-state index contributed by atoms with van der Waals surface area (Å²) in [5, 5.41) is 3.54. The lowest BCUT2D eigenvalue weighted by molar-refractivity contribution is -0.115. The summed E-state index contributed by atoms with van der Waals surface area (Å²) in [5.74, 6) is 0.978. The number of carbonyl (C=O) groups excluding carboxylic acids is 1.